The molecule has 3 aromatic rings. The summed E-state index contributed by atoms with van der Waals surface area (Å²) in [6.45, 7) is 4.02. The van der Waals surface area contributed by atoms with Gasteiger partial charge in [0, 0.05) is 11.4 Å². The molecule has 1 N–H and O–H groups in total. The van der Waals surface area contributed by atoms with Gasteiger partial charge in [-0.05, 0) is 30.0 Å². The van der Waals surface area contributed by atoms with Crippen molar-refractivity contribution in [3.8, 4) is 0 Å². The molecule has 0 radical (unpaired) electrons. The van der Waals surface area contributed by atoms with E-state index in [2.05, 4.69) is 34.6 Å². The maximum atomic E-state index is 12.2. The van der Waals surface area contributed by atoms with Crippen molar-refractivity contribution in [2.75, 3.05) is 5.75 Å². The third kappa shape index (κ3) is 5.59. The van der Waals surface area contributed by atoms with E-state index in [-0.39, 0.29) is 23.6 Å². The molecule has 2 aromatic carbocycles. The van der Waals surface area contributed by atoms with Gasteiger partial charge >= 0.3 is 0 Å². The molecule has 0 aliphatic rings. The summed E-state index contributed by atoms with van der Waals surface area (Å²) in [7, 11) is 0. The second-order valence-electron chi connectivity index (χ2n) is 6.58. The van der Waals surface area contributed by atoms with E-state index >= 15 is 0 Å². The number of hydrogen-bond acceptors (Lipinski definition) is 5. The molecule has 0 aliphatic heterocycles. The van der Waals surface area contributed by atoms with Crippen molar-refractivity contribution in [2.45, 2.75) is 37.5 Å². The average molecular weight is 416 g/mol. The van der Waals surface area contributed by atoms with Gasteiger partial charge in [0.25, 0.3) is 5.22 Å². The van der Waals surface area contributed by atoms with E-state index in [9.17, 15) is 4.79 Å². The van der Waals surface area contributed by atoms with Crippen molar-refractivity contribution in [1.29, 1.82) is 0 Å². The van der Waals surface area contributed by atoms with Gasteiger partial charge < -0.3 is 9.73 Å². The van der Waals surface area contributed by atoms with E-state index in [0.29, 0.717) is 22.6 Å². The van der Waals surface area contributed by atoms with Gasteiger partial charge in [-0.2, -0.15) is 0 Å². The number of carbonyl (C=O) groups excluding carboxylic acids is 1. The fourth-order valence-electron chi connectivity index (χ4n) is 2.85. The molecule has 2 unspecified atom stereocenters. The lowest BCUT2D eigenvalue weighted by Gasteiger charge is -2.15. The summed E-state index contributed by atoms with van der Waals surface area (Å²) in [6, 6.07) is 17.5. The Hall–Kier alpha value is -2.31. The minimum atomic E-state index is -0.174. The van der Waals surface area contributed by atoms with Gasteiger partial charge in [0.05, 0.1) is 11.8 Å². The van der Waals surface area contributed by atoms with Gasteiger partial charge in [-0.15, -0.1) is 10.2 Å². The summed E-state index contributed by atoms with van der Waals surface area (Å²) in [6.07, 6.45) is 0.660. The van der Waals surface area contributed by atoms with Crippen molar-refractivity contribution in [1.82, 2.24) is 15.5 Å². The molecule has 1 heterocycles. The van der Waals surface area contributed by atoms with Gasteiger partial charge in [0.15, 0.2) is 0 Å². The zero-order chi connectivity index (χ0) is 19.9. The standard InChI is InChI=1S/C21H22ClN3O2S/c1-14(16-8-4-3-5-9-16)12-20-24-25-21(27-20)28-13-19(26)23-15(2)17-10-6-7-11-18(17)22/h3-11,14-15H,12-13H2,1-2H3,(H,23,26). The van der Waals surface area contributed by atoms with Crippen LogP contribution < -0.4 is 5.32 Å². The maximum absolute atomic E-state index is 12.2. The number of nitrogens with one attached hydrogen (secondary N) is 1. The van der Waals surface area contributed by atoms with E-state index in [1.54, 1.807) is 0 Å². The maximum Gasteiger partial charge on any atom is 0.277 e. The topological polar surface area (TPSA) is 68.0 Å². The van der Waals surface area contributed by atoms with Crippen LogP contribution in [0.4, 0.5) is 0 Å². The largest absolute Gasteiger partial charge is 0.416 e. The molecule has 7 heteroatoms. The summed E-state index contributed by atoms with van der Waals surface area (Å²) in [5.74, 6) is 0.933. The zero-order valence-electron chi connectivity index (χ0n) is 15.8. The normalized spacial score (nSPS) is 13.1. The van der Waals surface area contributed by atoms with Crippen molar-refractivity contribution in [3.05, 3.63) is 76.6 Å². The molecule has 28 heavy (non-hydrogen) atoms. The van der Waals surface area contributed by atoms with E-state index in [1.807, 2.05) is 49.4 Å². The molecule has 3 rings (SSSR count). The summed E-state index contributed by atoms with van der Waals surface area (Å²) < 4.78 is 5.67. The first-order chi connectivity index (χ1) is 13.5. The molecule has 0 saturated heterocycles. The van der Waals surface area contributed by atoms with Crippen molar-refractivity contribution in [3.63, 3.8) is 0 Å². The molecule has 146 valence electrons. The number of rotatable bonds is 8. The summed E-state index contributed by atoms with van der Waals surface area (Å²) in [4.78, 5) is 12.2. The average Bonchev–Trinajstić information content (AvgIpc) is 3.14. The zero-order valence-corrected chi connectivity index (χ0v) is 17.3. The van der Waals surface area contributed by atoms with Crippen LogP contribution in [-0.4, -0.2) is 21.9 Å². The van der Waals surface area contributed by atoms with E-state index < -0.39 is 0 Å². The summed E-state index contributed by atoms with van der Waals surface area (Å²) >= 11 is 7.40. The molecule has 2 atom stereocenters. The second kappa shape index (κ2) is 9.75. The van der Waals surface area contributed by atoms with Crippen LogP contribution in [0.3, 0.4) is 0 Å². The van der Waals surface area contributed by atoms with Gasteiger partial charge in [0.1, 0.15) is 0 Å². The van der Waals surface area contributed by atoms with E-state index in [0.717, 1.165) is 5.56 Å². The molecule has 1 aromatic heterocycles. The second-order valence-corrected chi connectivity index (χ2v) is 7.91. The Kier molecular flexibility index (Phi) is 7.12. The van der Waals surface area contributed by atoms with Gasteiger partial charge in [0.2, 0.25) is 11.8 Å². The van der Waals surface area contributed by atoms with Crippen LogP contribution in [-0.2, 0) is 11.2 Å². The van der Waals surface area contributed by atoms with Gasteiger partial charge in [-0.25, -0.2) is 0 Å². The summed E-state index contributed by atoms with van der Waals surface area (Å²) in [5.41, 5.74) is 2.11. The molecule has 5 nitrogen and oxygen atoms in total. The Bertz CT molecular complexity index is 917. The lowest BCUT2D eigenvalue weighted by Crippen LogP contribution is -2.28. The fraction of sp³-hybridized carbons (Fsp3) is 0.286. The van der Waals surface area contributed by atoms with Crippen molar-refractivity contribution < 1.29 is 9.21 Å². The Morgan fingerprint density at radius 1 is 1.11 bits per heavy atom. The quantitative estimate of drug-likeness (QED) is 0.522. The molecule has 0 spiro atoms. The first-order valence-electron chi connectivity index (χ1n) is 9.07. The predicted octanol–water partition coefficient (Wildman–Crippen LogP) is 5.04. The Labute approximate surface area is 173 Å². The molecule has 0 fully saturated rings. The van der Waals surface area contributed by atoms with Gasteiger partial charge in [-0.3, -0.25) is 4.79 Å². The van der Waals surface area contributed by atoms with Crippen LogP contribution in [0.25, 0.3) is 0 Å². The first kappa shape index (κ1) is 20.4. The Morgan fingerprint density at radius 3 is 2.57 bits per heavy atom. The number of halogens is 1. The van der Waals surface area contributed by atoms with Crippen molar-refractivity contribution >= 4 is 29.3 Å². The Balaban J connectivity index is 1.49. The fourth-order valence-corrected chi connectivity index (χ4v) is 3.75. The minimum Gasteiger partial charge on any atom is -0.416 e. The number of benzene rings is 2. The number of hydrogen-bond donors (Lipinski definition) is 1. The molecule has 1 amide bonds. The third-order valence-electron chi connectivity index (χ3n) is 4.37. The van der Waals surface area contributed by atoms with Crippen molar-refractivity contribution in [2.24, 2.45) is 0 Å². The first-order valence-corrected chi connectivity index (χ1v) is 10.4. The van der Waals surface area contributed by atoms with Crippen LogP contribution in [0.15, 0.2) is 64.2 Å². The van der Waals surface area contributed by atoms with Crippen LogP contribution in [0.5, 0.6) is 0 Å². The number of thioether (sulfide) groups is 1. The monoisotopic (exact) mass is 415 g/mol. The van der Waals surface area contributed by atoms with Gasteiger partial charge in [-0.1, -0.05) is 78.8 Å². The van der Waals surface area contributed by atoms with Crippen LogP contribution in [0, 0.1) is 0 Å². The summed E-state index contributed by atoms with van der Waals surface area (Å²) in [5, 5.41) is 12.1. The highest BCUT2D eigenvalue weighted by Gasteiger charge is 2.16. The van der Waals surface area contributed by atoms with E-state index in [1.165, 1.54) is 17.3 Å². The smallest absolute Gasteiger partial charge is 0.277 e. The lowest BCUT2D eigenvalue weighted by molar-refractivity contribution is -0.119. The highest BCUT2D eigenvalue weighted by molar-refractivity contribution is 7.99. The molecule has 0 bridgehead atoms. The molecular weight excluding hydrogens is 394 g/mol. The van der Waals surface area contributed by atoms with Crippen LogP contribution >= 0.6 is 23.4 Å². The minimum absolute atomic E-state index is 0.116. The lowest BCUT2D eigenvalue weighted by atomic mass is 9.98. The molecule has 0 aliphatic carbocycles. The van der Waals surface area contributed by atoms with Crippen LogP contribution in [0.2, 0.25) is 5.02 Å². The van der Waals surface area contributed by atoms with Crippen LogP contribution in [0.1, 0.15) is 42.8 Å². The predicted molar refractivity (Wildman–Crippen MR) is 112 cm³/mol. The Morgan fingerprint density at radius 2 is 1.82 bits per heavy atom. The molecule has 0 saturated carbocycles. The number of amides is 1. The number of carbonyl (C=O) groups is 1. The number of nitrogens with zero attached hydrogens (tertiary/aromatic N) is 2. The highest BCUT2D eigenvalue weighted by atomic mass is 35.5. The molecular formula is C21H22ClN3O2S. The third-order valence-corrected chi connectivity index (χ3v) is 5.54. The number of aromatic nitrogens is 2. The van der Waals surface area contributed by atoms with E-state index in [4.69, 9.17) is 16.0 Å². The SMILES string of the molecule is CC(Cc1nnc(SCC(=O)NC(C)c2ccccc2Cl)o1)c1ccccc1. The highest BCUT2D eigenvalue weighted by Crippen LogP contribution is 2.24.